The zero-order chi connectivity index (χ0) is 24.7. The molecule has 2 amide bonds. The van der Waals surface area contributed by atoms with Gasteiger partial charge in [-0.25, -0.2) is 4.68 Å². The standard InChI is InChI=1S/C23H20F3N5O4/c1-12(32)27-14-3-5-15(6-4-14)28-22(33)17-10-21-29-16(9-20(23(24,25)26)31(21)30-17)13-2-7-18-19(8-13)35-11-34-18/h2-8,10,16,20,29H,9,11H2,1H3,(H,27,32)(H,28,33)/t16-,20-/m1/s1. The summed E-state index contributed by atoms with van der Waals surface area (Å²) in [6.45, 7) is 1.43. The number of rotatable bonds is 4. The Labute approximate surface area is 197 Å². The lowest BCUT2D eigenvalue weighted by Crippen LogP contribution is -2.35. The van der Waals surface area contributed by atoms with Crippen molar-refractivity contribution in [3.63, 3.8) is 0 Å². The zero-order valence-corrected chi connectivity index (χ0v) is 18.3. The number of anilines is 3. The van der Waals surface area contributed by atoms with Gasteiger partial charge < -0.3 is 25.4 Å². The predicted molar refractivity (Wildman–Crippen MR) is 120 cm³/mol. The van der Waals surface area contributed by atoms with Gasteiger partial charge in [0, 0.05) is 30.8 Å². The van der Waals surface area contributed by atoms with Gasteiger partial charge in [-0.05, 0) is 42.0 Å². The third-order valence-corrected chi connectivity index (χ3v) is 5.68. The normalized spacial score (nSPS) is 18.4. The first-order valence-corrected chi connectivity index (χ1v) is 10.7. The van der Waals surface area contributed by atoms with E-state index < -0.39 is 24.2 Å². The molecule has 0 aliphatic carbocycles. The molecule has 9 nitrogen and oxygen atoms in total. The highest BCUT2D eigenvalue weighted by Gasteiger charge is 2.47. The molecule has 0 saturated heterocycles. The van der Waals surface area contributed by atoms with Crippen LogP contribution in [0.4, 0.5) is 30.4 Å². The number of hydrogen-bond donors (Lipinski definition) is 3. The van der Waals surface area contributed by atoms with Gasteiger partial charge in [0.15, 0.2) is 23.2 Å². The number of alkyl halides is 3. The van der Waals surface area contributed by atoms with Crippen molar-refractivity contribution in [2.75, 3.05) is 22.7 Å². The van der Waals surface area contributed by atoms with E-state index in [4.69, 9.17) is 9.47 Å². The molecule has 0 radical (unpaired) electrons. The molecular formula is C23H20F3N5O4. The van der Waals surface area contributed by atoms with Crippen molar-refractivity contribution in [3.05, 3.63) is 59.8 Å². The van der Waals surface area contributed by atoms with E-state index in [1.807, 2.05) is 0 Å². The zero-order valence-electron chi connectivity index (χ0n) is 18.3. The van der Waals surface area contributed by atoms with Crippen LogP contribution in [-0.4, -0.2) is 34.6 Å². The van der Waals surface area contributed by atoms with Crippen LogP contribution < -0.4 is 25.4 Å². The molecule has 5 rings (SSSR count). The molecule has 2 aromatic carbocycles. The molecule has 182 valence electrons. The van der Waals surface area contributed by atoms with Gasteiger partial charge in [0.1, 0.15) is 5.82 Å². The van der Waals surface area contributed by atoms with E-state index in [9.17, 15) is 22.8 Å². The molecule has 12 heteroatoms. The number of carbonyl (C=O) groups excluding carboxylic acids is 2. The first kappa shape index (κ1) is 22.6. The summed E-state index contributed by atoms with van der Waals surface area (Å²) in [5.74, 6) is 0.174. The Morgan fingerprint density at radius 1 is 1.03 bits per heavy atom. The van der Waals surface area contributed by atoms with Gasteiger partial charge in [0.05, 0.1) is 6.04 Å². The van der Waals surface area contributed by atoms with Crippen LogP contribution in [0.2, 0.25) is 0 Å². The van der Waals surface area contributed by atoms with E-state index >= 15 is 0 Å². The number of ether oxygens (including phenoxy) is 2. The fraction of sp³-hybridized carbons (Fsp3) is 0.261. The number of nitrogens with one attached hydrogen (secondary N) is 3. The Kier molecular flexibility index (Phi) is 5.50. The van der Waals surface area contributed by atoms with Gasteiger partial charge in [-0.2, -0.15) is 18.3 Å². The lowest BCUT2D eigenvalue weighted by molar-refractivity contribution is -0.173. The quantitative estimate of drug-likeness (QED) is 0.501. The number of fused-ring (bicyclic) bond motifs is 2. The molecule has 3 aromatic rings. The molecule has 35 heavy (non-hydrogen) atoms. The second-order valence-electron chi connectivity index (χ2n) is 8.17. The third-order valence-electron chi connectivity index (χ3n) is 5.68. The van der Waals surface area contributed by atoms with E-state index in [-0.39, 0.29) is 30.6 Å². The Bertz CT molecular complexity index is 1290. The van der Waals surface area contributed by atoms with E-state index in [2.05, 4.69) is 21.0 Å². The lowest BCUT2D eigenvalue weighted by Gasteiger charge is -2.33. The highest BCUT2D eigenvalue weighted by molar-refractivity contribution is 6.03. The molecule has 3 heterocycles. The van der Waals surface area contributed by atoms with Gasteiger partial charge in [0.2, 0.25) is 12.7 Å². The van der Waals surface area contributed by atoms with E-state index in [0.29, 0.717) is 28.4 Å². The highest BCUT2D eigenvalue weighted by atomic mass is 19.4. The second-order valence-corrected chi connectivity index (χ2v) is 8.17. The SMILES string of the molecule is CC(=O)Nc1ccc(NC(=O)c2cc3n(n2)[C@@H](C(F)(F)F)C[C@H](c2ccc4c(c2)OCO4)N3)cc1. The monoisotopic (exact) mass is 487 g/mol. The van der Waals surface area contributed by atoms with Crippen LogP contribution in [0.25, 0.3) is 0 Å². The smallest absolute Gasteiger partial charge is 0.410 e. The molecular weight excluding hydrogens is 467 g/mol. The molecule has 2 atom stereocenters. The highest BCUT2D eigenvalue weighted by Crippen LogP contribution is 2.45. The van der Waals surface area contributed by atoms with Crippen LogP contribution in [0, 0.1) is 0 Å². The minimum Gasteiger partial charge on any atom is -0.454 e. The maximum absolute atomic E-state index is 14.0. The van der Waals surface area contributed by atoms with Gasteiger partial charge in [-0.3, -0.25) is 9.59 Å². The fourth-order valence-electron chi connectivity index (χ4n) is 4.07. The van der Waals surface area contributed by atoms with Gasteiger partial charge in [-0.1, -0.05) is 6.07 Å². The van der Waals surface area contributed by atoms with Crippen LogP contribution in [0.1, 0.15) is 41.5 Å². The van der Waals surface area contributed by atoms with Crippen molar-refractivity contribution in [1.29, 1.82) is 0 Å². The Balaban J connectivity index is 1.38. The fourth-order valence-corrected chi connectivity index (χ4v) is 4.07. The van der Waals surface area contributed by atoms with Crippen molar-refractivity contribution in [3.8, 4) is 11.5 Å². The summed E-state index contributed by atoms with van der Waals surface area (Å²) in [6, 6.07) is 9.98. The van der Waals surface area contributed by atoms with Crippen molar-refractivity contribution in [1.82, 2.24) is 9.78 Å². The average Bonchev–Trinajstić information content (AvgIpc) is 3.45. The van der Waals surface area contributed by atoms with Crippen LogP contribution in [0.3, 0.4) is 0 Å². The van der Waals surface area contributed by atoms with Gasteiger partial charge in [-0.15, -0.1) is 0 Å². The molecule has 0 spiro atoms. The van der Waals surface area contributed by atoms with Crippen molar-refractivity contribution >= 4 is 29.0 Å². The number of carbonyl (C=O) groups is 2. The molecule has 2 aliphatic rings. The van der Waals surface area contributed by atoms with E-state index in [0.717, 1.165) is 4.68 Å². The summed E-state index contributed by atoms with van der Waals surface area (Å²) in [4.78, 5) is 23.9. The minimum atomic E-state index is -4.58. The number of halogens is 3. The molecule has 0 fully saturated rings. The summed E-state index contributed by atoms with van der Waals surface area (Å²) >= 11 is 0. The van der Waals surface area contributed by atoms with Gasteiger partial charge in [0.25, 0.3) is 5.91 Å². The molecule has 0 bridgehead atoms. The number of benzene rings is 2. The number of nitrogens with zero attached hydrogens (tertiary/aromatic N) is 2. The van der Waals surface area contributed by atoms with Crippen molar-refractivity contribution in [2.24, 2.45) is 0 Å². The number of amides is 2. The van der Waals surface area contributed by atoms with Gasteiger partial charge >= 0.3 is 6.18 Å². The molecule has 1 aromatic heterocycles. The first-order chi connectivity index (χ1) is 16.7. The maximum atomic E-state index is 14.0. The summed E-state index contributed by atoms with van der Waals surface area (Å²) in [5, 5.41) is 12.2. The molecule has 0 saturated carbocycles. The van der Waals surface area contributed by atoms with E-state index in [1.54, 1.807) is 42.5 Å². The van der Waals surface area contributed by atoms with Crippen LogP contribution in [0.5, 0.6) is 11.5 Å². The summed E-state index contributed by atoms with van der Waals surface area (Å²) in [5.41, 5.74) is 1.37. The van der Waals surface area contributed by atoms with Crippen LogP contribution in [0.15, 0.2) is 48.5 Å². The summed E-state index contributed by atoms with van der Waals surface area (Å²) in [6.07, 6.45) is -4.89. The lowest BCUT2D eigenvalue weighted by atomic mass is 9.96. The second kappa shape index (κ2) is 8.53. The average molecular weight is 487 g/mol. The predicted octanol–water partition coefficient (Wildman–Crippen LogP) is 4.48. The number of aromatic nitrogens is 2. The molecule has 0 unspecified atom stereocenters. The first-order valence-electron chi connectivity index (χ1n) is 10.7. The molecule has 2 aliphatic heterocycles. The molecule has 3 N–H and O–H groups in total. The minimum absolute atomic E-state index is 0.0588. The van der Waals surface area contributed by atoms with E-state index in [1.165, 1.54) is 13.0 Å². The third kappa shape index (κ3) is 4.59. The largest absolute Gasteiger partial charge is 0.454 e. The Morgan fingerprint density at radius 2 is 1.71 bits per heavy atom. The number of hydrogen-bond acceptors (Lipinski definition) is 6. The maximum Gasteiger partial charge on any atom is 0.410 e. The van der Waals surface area contributed by atoms with Crippen LogP contribution in [-0.2, 0) is 4.79 Å². The van der Waals surface area contributed by atoms with Crippen molar-refractivity contribution in [2.45, 2.75) is 31.6 Å². The topological polar surface area (TPSA) is 107 Å². The Morgan fingerprint density at radius 3 is 2.40 bits per heavy atom. The Hall–Kier alpha value is -4.22. The van der Waals surface area contributed by atoms with Crippen molar-refractivity contribution < 1.29 is 32.2 Å². The summed E-state index contributed by atoms with van der Waals surface area (Å²) in [7, 11) is 0. The summed E-state index contributed by atoms with van der Waals surface area (Å²) < 4.78 is 53.3. The van der Waals surface area contributed by atoms with Crippen LogP contribution >= 0.6 is 0 Å².